The van der Waals surface area contributed by atoms with Crippen LogP contribution in [0, 0.1) is 0 Å². The zero-order valence-electron chi connectivity index (χ0n) is 9.13. The van der Waals surface area contributed by atoms with Gasteiger partial charge in [-0.05, 0) is 25.7 Å². The Balaban J connectivity index is 2.32. The van der Waals surface area contributed by atoms with Crippen molar-refractivity contribution in [2.24, 2.45) is 0 Å². The van der Waals surface area contributed by atoms with Crippen LogP contribution in [0.1, 0.15) is 32.6 Å². The van der Waals surface area contributed by atoms with Crippen molar-refractivity contribution in [3.8, 4) is 0 Å². The summed E-state index contributed by atoms with van der Waals surface area (Å²) in [6.45, 7) is 1.32. The molecule has 2 aliphatic rings. The molecule has 0 aromatic rings. The van der Waals surface area contributed by atoms with Crippen molar-refractivity contribution in [2.75, 3.05) is 0 Å². The number of hydrogen-bond donors (Lipinski definition) is 1. The molecule has 0 bridgehead atoms. The molecular weight excluding hydrogens is 206 g/mol. The molecule has 2 aliphatic carbocycles. The molecule has 0 saturated carbocycles. The molecule has 0 aromatic carbocycles. The molecule has 2 rings (SSSR count). The fourth-order valence-electron chi connectivity index (χ4n) is 2.16. The summed E-state index contributed by atoms with van der Waals surface area (Å²) in [5.41, 5.74) is 1.37. The number of amides is 1. The predicted octanol–water partition coefficient (Wildman–Crippen LogP) is 1.03. The number of ketones is 2. The molecule has 0 fully saturated rings. The second-order valence-corrected chi connectivity index (χ2v) is 4.10. The van der Waals surface area contributed by atoms with E-state index in [0.29, 0.717) is 24.0 Å². The van der Waals surface area contributed by atoms with E-state index in [2.05, 4.69) is 5.32 Å². The van der Waals surface area contributed by atoms with E-state index in [1.54, 1.807) is 0 Å². The van der Waals surface area contributed by atoms with Gasteiger partial charge in [0.25, 0.3) is 0 Å². The minimum absolute atomic E-state index is 0.123. The van der Waals surface area contributed by atoms with E-state index in [-0.39, 0.29) is 23.2 Å². The molecule has 0 atom stereocenters. The average Bonchev–Trinajstić information content (AvgIpc) is 2.25. The van der Waals surface area contributed by atoms with Gasteiger partial charge in [0.15, 0.2) is 5.78 Å². The topological polar surface area (TPSA) is 63.2 Å². The van der Waals surface area contributed by atoms with E-state index in [9.17, 15) is 14.4 Å². The van der Waals surface area contributed by atoms with Crippen molar-refractivity contribution in [1.82, 2.24) is 5.32 Å². The molecule has 0 aliphatic heterocycles. The molecule has 0 heterocycles. The molecule has 0 spiro atoms. The van der Waals surface area contributed by atoms with Gasteiger partial charge in [0.1, 0.15) is 0 Å². The van der Waals surface area contributed by atoms with Crippen LogP contribution in [-0.4, -0.2) is 17.5 Å². The van der Waals surface area contributed by atoms with Gasteiger partial charge in [0.2, 0.25) is 11.7 Å². The Morgan fingerprint density at radius 1 is 1.19 bits per heavy atom. The third-order valence-corrected chi connectivity index (χ3v) is 2.87. The maximum atomic E-state index is 11.9. The van der Waals surface area contributed by atoms with Crippen LogP contribution in [0.2, 0.25) is 0 Å². The van der Waals surface area contributed by atoms with Crippen LogP contribution in [0.4, 0.5) is 0 Å². The van der Waals surface area contributed by atoms with Crippen LogP contribution >= 0.6 is 0 Å². The van der Waals surface area contributed by atoms with Gasteiger partial charge in [-0.25, -0.2) is 0 Å². The zero-order chi connectivity index (χ0) is 11.7. The first kappa shape index (κ1) is 10.8. The number of nitrogens with one attached hydrogen (secondary N) is 1. The van der Waals surface area contributed by atoms with E-state index >= 15 is 0 Å². The van der Waals surface area contributed by atoms with Crippen molar-refractivity contribution in [1.29, 1.82) is 0 Å². The summed E-state index contributed by atoms with van der Waals surface area (Å²) in [6, 6.07) is 0. The molecule has 1 N–H and O–H groups in total. The number of hydrogen-bond acceptors (Lipinski definition) is 3. The highest BCUT2D eigenvalue weighted by molar-refractivity contribution is 6.23. The molecular formula is C12H13NO3. The highest BCUT2D eigenvalue weighted by atomic mass is 16.2. The molecule has 0 aromatic heterocycles. The van der Waals surface area contributed by atoms with Crippen molar-refractivity contribution in [2.45, 2.75) is 32.6 Å². The zero-order valence-corrected chi connectivity index (χ0v) is 9.13. The van der Waals surface area contributed by atoms with Crippen LogP contribution in [0.15, 0.2) is 22.9 Å². The van der Waals surface area contributed by atoms with Crippen molar-refractivity contribution < 1.29 is 14.4 Å². The lowest BCUT2D eigenvalue weighted by atomic mass is 9.82. The normalized spacial score (nSPS) is 20.4. The first-order chi connectivity index (χ1) is 7.59. The van der Waals surface area contributed by atoms with Crippen molar-refractivity contribution in [3.63, 3.8) is 0 Å². The molecule has 1 amide bonds. The van der Waals surface area contributed by atoms with Crippen molar-refractivity contribution in [3.05, 3.63) is 22.9 Å². The van der Waals surface area contributed by atoms with Gasteiger partial charge in [0, 0.05) is 24.1 Å². The van der Waals surface area contributed by atoms with E-state index in [1.807, 2.05) is 0 Å². The minimum Gasteiger partial charge on any atom is -0.323 e. The van der Waals surface area contributed by atoms with Crippen LogP contribution in [-0.2, 0) is 14.4 Å². The number of allylic oxidation sites excluding steroid dienone is 3. The SMILES string of the molecule is CC(=O)NC1=CC(=O)C2=C(CCCC2)C1=O. The number of carbonyl (C=O) groups excluding carboxylic acids is 3. The van der Waals surface area contributed by atoms with Gasteiger partial charge in [-0.15, -0.1) is 0 Å². The minimum atomic E-state index is -0.327. The average molecular weight is 219 g/mol. The highest BCUT2D eigenvalue weighted by Crippen LogP contribution is 2.30. The molecule has 4 nitrogen and oxygen atoms in total. The Kier molecular flexibility index (Phi) is 2.73. The van der Waals surface area contributed by atoms with Gasteiger partial charge in [-0.2, -0.15) is 0 Å². The standard InChI is InChI=1S/C12H13NO3/c1-7(14)13-10-6-11(15)8-4-2-3-5-9(8)12(10)16/h6H,2-5H2,1H3,(H,13,14). The summed E-state index contributed by atoms with van der Waals surface area (Å²) in [7, 11) is 0. The summed E-state index contributed by atoms with van der Waals surface area (Å²) in [6.07, 6.45) is 4.47. The molecule has 4 heteroatoms. The predicted molar refractivity (Wildman–Crippen MR) is 57.4 cm³/mol. The Bertz CT molecular complexity index is 443. The Morgan fingerprint density at radius 2 is 1.81 bits per heavy atom. The first-order valence-electron chi connectivity index (χ1n) is 5.40. The second kappa shape index (κ2) is 4.04. The first-order valence-corrected chi connectivity index (χ1v) is 5.40. The lowest BCUT2D eigenvalue weighted by Gasteiger charge is -2.22. The van der Waals surface area contributed by atoms with Crippen LogP contribution < -0.4 is 5.32 Å². The Hall–Kier alpha value is -1.71. The van der Waals surface area contributed by atoms with E-state index in [4.69, 9.17) is 0 Å². The van der Waals surface area contributed by atoms with Gasteiger partial charge < -0.3 is 5.32 Å². The largest absolute Gasteiger partial charge is 0.323 e. The van der Waals surface area contributed by atoms with Crippen LogP contribution in [0.5, 0.6) is 0 Å². The maximum absolute atomic E-state index is 11.9. The Morgan fingerprint density at radius 3 is 2.44 bits per heavy atom. The van der Waals surface area contributed by atoms with Crippen LogP contribution in [0.25, 0.3) is 0 Å². The molecule has 16 heavy (non-hydrogen) atoms. The molecule has 0 saturated heterocycles. The van der Waals surface area contributed by atoms with Gasteiger partial charge in [0.05, 0.1) is 5.70 Å². The lowest BCUT2D eigenvalue weighted by Crippen LogP contribution is -2.31. The van der Waals surface area contributed by atoms with Gasteiger partial charge >= 0.3 is 0 Å². The third-order valence-electron chi connectivity index (χ3n) is 2.87. The summed E-state index contributed by atoms with van der Waals surface area (Å²) >= 11 is 0. The summed E-state index contributed by atoms with van der Waals surface area (Å²) in [5.74, 6) is -0.644. The summed E-state index contributed by atoms with van der Waals surface area (Å²) in [5, 5.41) is 2.41. The number of carbonyl (C=O) groups is 3. The fourth-order valence-corrected chi connectivity index (χ4v) is 2.16. The Labute approximate surface area is 93.4 Å². The smallest absolute Gasteiger partial charge is 0.221 e. The van der Waals surface area contributed by atoms with E-state index < -0.39 is 0 Å². The quantitative estimate of drug-likeness (QED) is 0.670. The monoisotopic (exact) mass is 219 g/mol. The summed E-state index contributed by atoms with van der Waals surface area (Å²) < 4.78 is 0. The summed E-state index contributed by atoms with van der Waals surface area (Å²) in [4.78, 5) is 34.6. The second-order valence-electron chi connectivity index (χ2n) is 4.10. The highest BCUT2D eigenvalue weighted by Gasteiger charge is 2.30. The van der Waals surface area contributed by atoms with Crippen molar-refractivity contribution >= 4 is 17.5 Å². The van der Waals surface area contributed by atoms with Gasteiger partial charge in [-0.1, -0.05) is 0 Å². The van der Waals surface area contributed by atoms with Gasteiger partial charge in [-0.3, -0.25) is 14.4 Å². The fraction of sp³-hybridized carbons (Fsp3) is 0.417. The van der Waals surface area contributed by atoms with E-state index in [0.717, 1.165) is 12.8 Å². The third kappa shape index (κ3) is 1.83. The number of rotatable bonds is 1. The number of Topliss-reactive ketones (excluding diaryl/α,β-unsaturated/α-hetero) is 1. The maximum Gasteiger partial charge on any atom is 0.221 e. The molecule has 84 valence electrons. The molecule has 0 radical (unpaired) electrons. The van der Waals surface area contributed by atoms with Crippen LogP contribution in [0.3, 0.4) is 0 Å². The molecule has 0 unspecified atom stereocenters. The lowest BCUT2D eigenvalue weighted by molar-refractivity contribution is -0.121. The van der Waals surface area contributed by atoms with E-state index in [1.165, 1.54) is 13.0 Å².